The second kappa shape index (κ2) is 38.3. The fourth-order valence-corrected chi connectivity index (χ4v) is 10.2. The van der Waals surface area contributed by atoms with Gasteiger partial charge in [-0.05, 0) is 96.6 Å². The zero-order chi connectivity index (χ0) is 65.9. The van der Waals surface area contributed by atoms with Gasteiger partial charge in [0, 0.05) is 85.5 Å². The van der Waals surface area contributed by atoms with Crippen LogP contribution in [0.25, 0.3) is 11.0 Å². The summed E-state index contributed by atoms with van der Waals surface area (Å²) < 4.78 is 40.1. The number of alkyl halides is 1. The second-order valence-corrected chi connectivity index (χ2v) is 23.5. The van der Waals surface area contributed by atoms with Crippen LogP contribution in [-0.2, 0) is 25.1 Å². The maximum atomic E-state index is 13.2. The molecular formula is C58H78BrN13Na2O12S2. The number of nitro groups is 2. The molecule has 30 heteroatoms. The monoisotopic (exact) mass is 1340 g/mol. The van der Waals surface area contributed by atoms with E-state index in [2.05, 4.69) is 97.2 Å². The number of benzene rings is 3. The van der Waals surface area contributed by atoms with Crippen LogP contribution in [0.3, 0.4) is 0 Å². The third-order valence-electron chi connectivity index (χ3n) is 13.8. The van der Waals surface area contributed by atoms with Gasteiger partial charge in [0.25, 0.3) is 17.3 Å². The van der Waals surface area contributed by atoms with Crippen LogP contribution in [-0.4, -0.2) is 163 Å². The Kier molecular flexibility index (Phi) is 33.1. The van der Waals surface area contributed by atoms with Crippen molar-refractivity contribution in [3.8, 4) is 0 Å². The van der Waals surface area contributed by atoms with Crippen LogP contribution in [0.2, 0.25) is 0 Å². The van der Waals surface area contributed by atoms with Gasteiger partial charge in [0.2, 0.25) is 11.9 Å². The Bertz CT molecular complexity index is 3550. The molecule has 25 nitrogen and oxygen atoms in total. The van der Waals surface area contributed by atoms with Crippen molar-refractivity contribution < 1.29 is 45.9 Å². The fraction of sp³-hybridized carbons (Fsp3) is 0.448. The number of allylic oxidation sites excluding steroid dienone is 1. The number of ketones is 2. The first-order chi connectivity index (χ1) is 41.9. The SMILES string of the molecule is C=CC[C@H]1CN(CCCC)c2cc(C(C)=O)cc([N+](=O)[O-])c2N1.C=CC[C@H]1CN(CCCC)c2cc(C(N)=O)cc3nc(NC(=O)c4cc(C)nn4CC)n1c23.C=CC[C@H]1CNc2cc(C(C)=O)cc([N+](=O)[O-])c2N1.CCCCBr.O=S(=O)=S(=O)=O.[Na][Na]. The maximum absolute atomic E-state index is 13.2. The van der Waals surface area contributed by atoms with Gasteiger partial charge in [0.1, 0.15) is 17.1 Å². The van der Waals surface area contributed by atoms with Gasteiger partial charge in [-0.25, -0.2) is 4.98 Å². The normalized spacial score (nSPS) is 14.7. The van der Waals surface area contributed by atoms with Gasteiger partial charge in [-0.2, -0.15) is 21.9 Å². The first-order valence-electron chi connectivity index (χ1n) is 29.2. The molecule has 0 spiro atoms. The minimum atomic E-state index is -2.95. The van der Waals surface area contributed by atoms with E-state index in [1.807, 2.05) is 32.1 Å². The van der Waals surface area contributed by atoms with Gasteiger partial charge in [-0.3, -0.25) is 49.4 Å². The van der Waals surface area contributed by atoms with E-state index in [1.165, 1.54) is 82.4 Å². The van der Waals surface area contributed by atoms with E-state index < -0.39 is 34.3 Å². The van der Waals surface area contributed by atoms with Crippen molar-refractivity contribution >= 4 is 158 Å². The number of nitrogens with one attached hydrogen (secondary N) is 4. The number of aryl methyl sites for hydroxylation is 2. The summed E-state index contributed by atoms with van der Waals surface area (Å²) in [6.45, 7) is 28.8. The average Bonchev–Trinajstić information content (AvgIpc) is 2.49. The molecule has 468 valence electrons. The number of carbonyl (C=O) groups is 4. The van der Waals surface area contributed by atoms with Crippen LogP contribution in [0, 0.1) is 27.2 Å². The second-order valence-electron chi connectivity index (χ2n) is 20.2. The quantitative estimate of drug-likeness (QED) is 0.0107. The molecular weight excluding hydrogens is 1260 g/mol. The van der Waals surface area contributed by atoms with E-state index in [-0.39, 0.29) is 47.0 Å². The topological polar surface area (TPSA) is 339 Å². The molecule has 3 aromatic carbocycles. The number of aromatic nitrogens is 4. The van der Waals surface area contributed by atoms with Gasteiger partial charge in [-0.1, -0.05) is 74.2 Å². The van der Waals surface area contributed by atoms with Crippen molar-refractivity contribution in [2.75, 3.05) is 69.1 Å². The number of hydrogen-bond donors (Lipinski definition) is 5. The molecule has 3 atom stereocenters. The molecule has 0 unspecified atom stereocenters. The molecule has 0 radical (unpaired) electrons. The number of hydrogen-bond acceptors (Lipinski definition) is 19. The van der Waals surface area contributed by atoms with Crippen LogP contribution in [0.5, 0.6) is 0 Å². The van der Waals surface area contributed by atoms with Crippen LogP contribution < -0.4 is 36.8 Å². The number of amides is 2. The Morgan fingerprint density at radius 3 is 1.76 bits per heavy atom. The Balaban J connectivity index is 0.000000323. The van der Waals surface area contributed by atoms with Crippen LogP contribution in [0.4, 0.5) is 45.8 Å². The molecule has 88 heavy (non-hydrogen) atoms. The number of primary amides is 1. The van der Waals surface area contributed by atoms with Crippen molar-refractivity contribution in [3.63, 3.8) is 0 Å². The first-order valence-corrected chi connectivity index (χ1v) is 40.9. The summed E-state index contributed by atoms with van der Waals surface area (Å²) in [6, 6.07) is 11.6. The number of nitrogens with zero attached hydrogens (tertiary/aromatic N) is 8. The standard InChI is InChI=1S/C24H31N7O2.C17H23N3O3.C13H15N3O3.C4H9Br.2Na.O4S2/c1-5-8-10-29-14-17(9-6-2)31-21-18(12-16(22(25)32)13-19(21)29)26-24(31)27-23(33)20-11-15(4)28-30(20)7-3;1-4-6-8-19-11-14(7-5-2)18-17-15(19)9-13(12(3)21)10-16(17)20(22)23;1-3-4-10-7-14-11-5-9(8(2)17)6-12(16(18)19)13(11)15-10;1-2-3-4-5;;;1-5(2)6(3)4/h6,11-13,17H,2,5,7-10,14H2,1,3-4H3,(H2,25,32)(H,26,27,33);5,9-10,14,18H,2,4,6-8,11H2,1,3H3;3,5-6,10,14-15H,1,4,7H2,2H3;2-4H2,1H3;;;/t17-;14-;10-;;;;/m000..../s1. The third kappa shape index (κ3) is 21.5. The molecule has 3 aliphatic rings. The molecule has 5 aromatic rings. The number of Topliss-reactive ketones (excluding diaryl/α,β-unsaturated/α-hetero) is 2. The number of nitro benzene ring substituents is 2. The molecule has 0 fully saturated rings. The molecule has 0 saturated carbocycles. The van der Waals surface area contributed by atoms with E-state index >= 15 is 0 Å². The molecule has 0 saturated heterocycles. The zero-order valence-corrected chi connectivity index (χ0v) is 58.9. The number of halogens is 1. The number of carbonyl (C=O) groups excluding carboxylic acids is 4. The Morgan fingerprint density at radius 1 is 0.750 bits per heavy atom. The number of rotatable bonds is 22. The molecule has 2 amide bonds. The van der Waals surface area contributed by atoms with Gasteiger partial charge in [0.05, 0.1) is 49.7 Å². The molecule has 5 heterocycles. The average molecular weight is 1340 g/mol. The predicted molar refractivity (Wildman–Crippen MR) is 354 cm³/mol. The summed E-state index contributed by atoms with van der Waals surface area (Å²) in [5.74, 6) is -0.687. The predicted octanol–water partition coefficient (Wildman–Crippen LogP) is 10.1. The van der Waals surface area contributed by atoms with E-state index in [9.17, 15) is 39.4 Å². The molecule has 0 bridgehead atoms. The Hall–Kier alpha value is -6.24. The van der Waals surface area contributed by atoms with Crippen molar-refractivity contribution in [3.05, 3.63) is 129 Å². The number of imidazole rings is 1. The number of nitrogens with two attached hydrogens (primary N) is 1. The summed E-state index contributed by atoms with van der Waals surface area (Å²) in [7, 11) is -5.90. The molecule has 6 N–H and O–H groups in total. The molecule has 8 rings (SSSR count). The summed E-state index contributed by atoms with van der Waals surface area (Å²) in [5, 5.41) is 40.6. The first kappa shape index (κ1) is 76.0. The number of fused-ring (bicyclic) bond motifs is 2. The number of anilines is 6. The fourth-order valence-electron chi connectivity index (χ4n) is 9.64. The van der Waals surface area contributed by atoms with Crippen molar-refractivity contribution in [1.82, 2.24) is 19.3 Å². The molecule has 3 aliphatic heterocycles. The summed E-state index contributed by atoms with van der Waals surface area (Å²) in [4.78, 5) is 79.1. The Labute approximate surface area is 553 Å². The number of unbranched alkanes of at least 4 members (excludes halogenated alkanes) is 3. The van der Waals surface area contributed by atoms with Crippen molar-refractivity contribution in [1.29, 1.82) is 0 Å². The van der Waals surface area contributed by atoms with Crippen LogP contribution in [0.15, 0.2) is 80.4 Å². The summed E-state index contributed by atoms with van der Waals surface area (Å²) in [5.41, 5.74) is 12.6. The zero-order valence-electron chi connectivity index (χ0n) is 51.7. The van der Waals surface area contributed by atoms with Gasteiger partial charge < -0.3 is 36.1 Å². The van der Waals surface area contributed by atoms with Crippen molar-refractivity contribution in [2.45, 2.75) is 131 Å². The molecule has 2 aromatic heterocycles. The van der Waals surface area contributed by atoms with E-state index in [1.54, 1.807) is 35.0 Å². The minimum absolute atomic E-state index is 0.0389. The van der Waals surface area contributed by atoms with Crippen molar-refractivity contribution in [2.24, 2.45) is 5.73 Å². The third-order valence-corrected chi connectivity index (χ3v) is 15.2. The summed E-state index contributed by atoms with van der Waals surface area (Å²) >= 11 is 6.20. The van der Waals surface area contributed by atoms with Crippen LogP contribution >= 0.6 is 15.9 Å². The summed E-state index contributed by atoms with van der Waals surface area (Å²) in [6.07, 6.45) is 14.4. The van der Waals surface area contributed by atoms with Gasteiger partial charge in [0.15, 0.2) is 11.6 Å². The van der Waals surface area contributed by atoms with E-state index in [0.717, 1.165) is 92.6 Å². The van der Waals surface area contributed by atoms with E-state index in [4.69, 9.17) is 27.6 Å². The van der Waals surface area contributed by atoms with Gasteiger partial charge >= 0.3 is 62.1 Å². The molecule has 0 aliphatic carbocycles. The van der Waals surface area contributed by atoms with Crippen LogP contribution in [0.1, 0.15) is 153 Å². The van der Waals surface area contributed by atoms with Gasteiger partial charge in [-0.15, -0.1) is 19.7 Å². The van der Waals surface area contributed by atoms with E-state index in [0.29, 0.717) is 70.4 Å². The Morgan fingerprint density at radius 2 is 1.27 bits per heavy atom.